The first-order chi connectivity index (χ1) is 14.6. The summed E-state index contributed by atoms with van der Waals surface area (Å²) in [6, 6.07) is 15.2. The van der Waals surface area contributed by atoms with Gasteiger partial charge >= 0.3 is 0 Å². The monoisotopic (exact) mass is 409 g/mol. The minimum absolute atomic E-state index is 0.107. The number of carbonyl (C=O) groups excluding carboxylic acids is 2. The maximum absolute atomic E-state index is 12.3. The predicted molar refractivity (Wildman–Crippen MR) is 116 cm³/mol. The number of nitrogens with one attached hydrogen (secondary N) is 3. The van der Waals surface area contributed by atoms with E-state index in [2.05, 4.69) is 15.6 Å². The molecule has 0 saturated carbocycles. The van der Waals surface area contributed by atoms with Gasteiger partial charge in [0.05, 0.1) is 11.0 Å². The topological polar surface area (TPSA) is 108 Å². The molecule has 2 aromatic carbocycles. The summed E-state index contributed by atoms with van der Waals surface area (Å²) >= 11 is 0. The predicted octanol–water partition coefficient (Wildman–Crippen LogP) is 3.50. The van der Waals surface area contributed by atoms with Crippen LogP contribution in [0, 0.1) is 0 Å². The summed E-state index contributed by atoms with van der Waals surface area (Å²) in [5.41, 5.74) is 5.06. The molecule has 0 atom stereocenters. The zero-order valence-electron chi connectivity index (χ0n) is 17.0. The summed E-state index contributed by atoms with van der Waals surface area (Å²) in [7, 11) is 1.96. The van der Waals surface area contributed by atoms with Crippen molar-refractivity contribution >= 4 is 34.5 Å². The van der Waals surface area contributed by atoms with Gasteiger partial charge in [-0.15, -0.1) is 0 Å². The molecule has 0 saturated heterocycles. The number of benzene rings is 2. The van der Waals surface area contributed by atoms with Crippen LogP contribution >= 0.6 is 0 Å². The van der Waals surface area contributed by atoms with Gasteiger partial charge in [-0.1, -0.05) is 25.0 Å². The minimum Gasteiger partial charge on any atom is -0.352 e. The number of nitrogens with zero attached hydrogens (tertiary/aromatic N) is 2. The minimum atomic E-state index is -0.363. The van der Waals surface area contributed by atoms with Crippen molar-refractivity contribution in [1.29, 1.82) is 0 Å². The van der Waals surface area contributed by atoms with E-state index in [0.29, 0.717) is 18.5 Å². The molecule has 3 rings (SSSR count). The van der Waals surface area contributed by atoms with E-state index in [1.807, 2.05) is 48.0 Å². The normalized spacial score (nSPS) is 10.7. The highest BCUT2D eigenvalue weighted by Crippen LogP contribution is 2.21. The molecule has 0 unspecified atom stereocenters. The Labute approximate surface area is 175 Å². The second-order valence-electron chi connectivity index (χ2n) is 7.14. The number of carbonyl (C=O) groups is 2. The summed E-state index contributed by atoms with van der Waals surface area (Å²) in [5, 5.41) is 14.6. The summed E-state index contributed by atoms with van der Waals surface area (Å²) in [6.07, 6.45) is 3.68. The molecule has 0 aliphatic carbocycles. The number of para-hydroxylation sites is 2. The number of hydrogen-bond acceptors (Lipinski definition) is 5. The Balaban J connectivity index is 1.44. The first-order valence-corrected chi connectivity index (χ1v) is 10.1. The van der Waals surface area contributed by atoms with Crippen molar-refractivity contribution < 1.29 is 14.8 Å². The van der Waals surface area contributed by atoms with E-state index in [1.54, 1.807) is 17.6 Å². The Morgan fingerprint density at radius 1 is 1.00 bits per heavy atom. The van der Waals surface area contributed by atoms with Crippen molar-refractivity contribution in [3.63, 3.8) is 0 Å². The molecule has 1 heterocycles. The van der Waals surface area contributed by atoms with Crippen LogP contribution in [0.1, 0.15) is 42.5 Å². The number of aromatic nitrogens is 2. The average Bonchev–Trinajstić information content (AvgIpc) is 3.08. The maximum Gasteiger partial charge on any atom is 0.251 e. The Morgan fingerprint density at radius 2 is 1.73 bits per heavy atom. The summed E-state index contributed by atoms with van der Waals surface area (Å²) in [4.78, 5) is 27.8. The quantitative estimate of drug-likeness (QED) is 0.233. The molecule has 0 bridgehead atoms. The SMILES string of the molecule is Cn1c(Nc2ccc(C(=O)NCCCCCCC(=O)NO)cc2)nc2ccccc21. The summed E-state index contributed by atoms with van der Waals surface area (Å²) in [5.74, 6) is 0.270. The lowest BCUT2D eigenvalue weighted by molar-refractivity contribution is -0.129. The standard InChI is InChI=1S/C22H27N5O3/c1-27-19-9-6-5-8-18(19)25-22(27)24-17-13-11-16(12-14-17)21(29)23-15-7-3-2-4-10-20(28)26-30/h5-6,8-9,11-14,30H,2-4,7,10,15H2,1H3,(H,23,29)(H,24,25)(H,26,28). The van der Waals surface area contributed by atoms with Crippen LogP contribution < -0.4 is 16.1 Å². The molecule has 0 aliphatic rings. The largest absolute Gasteiger partial charge is 0.352 e. The van der Waals surface area contributed by atoms with Gasteiger partial charge in [-0.25, -0.2) is 10.5 Å². The lowest BCUT2D eigenvalue weighted by Gasteiger charge is -2.08. The second-order valence-corrected chi connectivity index (χ2v) is 7.14. The molecule has 8 heteroatoms. The van der Waals surface area contributed by atoms with E-state index in [-0.39, 0.29) is 11.8 Å². The van der Waals surface area contributed by atoms with Crippen molar-refractivity contribution in [2.75, 3.05) is 11.9 Å². The maximum atomic E-state index is 12.3. The van der Waals surface area contributed by atoms with Gasteiger partial charge in [-0.05, 0) is 49.2 Å². The number of rotatable bonds is 10. The molecular weight excluding hydrogens is 382 g/mol. The van der Waals surface area contributed by atoms with Crippen molar-refractivity contribution in [3.05, 3.63) is 54.1 Å². The Hall–Kier alpha value is -3.39. The molecule has 0 aliphatic heterocycles. The molecular formula is C22H27N5O3. The van der Waals surface area contributed by atoms with Gasteiger partial charge in [0.15, 0.2) is 0 Å². The van der Waals surface area contributed by atoms with Gasteiger partial charge in [0.2, 0.25) is 11.9 Å². The van der Waals surface area contributed by atoms with Crippen LogP contribution in [0.25, 0.3) is 11.0 Å². The fraction of sp³-hybridized carbons (Fsp3) is 0.318. The Morgan fingerprint density at radius 3 is 2.47 bits per heavy atom. The molecule has 30 heavy (non-hydrogen) atoms. The molecule has 2 amide bonds. The lowest BCUT2D eigenvalue weighted by atomic mass is 10.1. The molecule has 4 N–H and O–H groups in total. The number of unbranched alkanes of at least 4 members (excludes halogenated alkanes) is 3. The molecule has 0 radical (unpaired) electrons. The molecule has 0 fully saturated rings. The fourth-order valence-electron chi connectivity index (χ4n) is 3.22. The van der Waals surface area contributed by atoms with E-state index in [0.717, 1.165) is 48.4 Å². The van der Waals surface area contributed by atoms with E-state index in [1.165, 1.54) is 0 Å². The highest BCUT2D eigenvalue weighted by Gasteiger charge is 2.09. The van der Waals surface area contributed by atoms with E-state index in [4.69, 9.17) is 5.21 Å². The molecule has 3 aromatic rings. The highest BCUT2D eigenvalue weighted by atomic mass is 16.5. The van der Waals surface area contributed by atoms with Crippen LogP contribution in [-0.2, 0) is 11.8 Å². The van der Waals surface area contributed by atoms with Gasteiger partial charge in [-0.3, -0.25) is 14.8 Å². The highest BCUT2D eigenvalue weighted by molar-refractivity contribution is 5.94. The third-order valence-electron chi connectivity index (χ3n) is 4.93. The second kappa shape index (κ2) is 10.4. The van der Waals surface area contributed by atoms with Crippen molar-refractivity contribution in [2.24, 2.45) is 7.05 Å². The van der Waals surface area contributed by atoms with Crippen LogP contribution in [0.2, 0.25) is 0 Å². The van der Waals surface area contributed by atoms with Crippen LogP contribution in [0.3, 0.4) is 0 Å². The number of amides is 2. The van der Waals surface area contributed by atoms with Crippen molar-refractivity contribution in [2.45, 2.75) is 32.1 Å². The molecule has 1 aromatic heterocycles. The van der Waals surface area contributed by atoms with Crippen molar-refractivity contribution in [1.82, 2.24) is 20.3 Å². The average molecular weight is 409 g/mol. The lowest BCUT2D eigenvalue weighted by Crippen LogP contribution is -2.24. The van der Waals surface area contributed by atoms with Gasteiger partial charge in [0.25, 0.3) is 5.91 Å². The van der Waals surface area contributed by atoms with E-state index >= 15 is 0 Å². The van der Waals surface area contributed by atoms with E-state index in [9.17, 15) is 9.59 Å². The van der Waals surface area contributed by atoms with Crippen molar-refractivity contribution in [3.8, 4) is 0 Å². The van der Waals surface area contributed by atoms with Crippen LogP contribution in [0.15, 0.2) is 48.5 Å². The molecule has 8 nitrogen and oxygen atoms in total. The number of imidazole rings is 1. The van der Waals surface area contributed by atoms with Gasteiger partial charge in [-0.2, -0.15) is 0 Å². The Bertz CT molecular complexity index is 998. The zero-order valence-corrected chi connectivity index (χ0v) is 17.0. The molecule has 158 valence electrons. The van der Waals surface area contributed by atoms with Crippen LogP contribution in [0.5, 0.6) is 0 Å². The number of fused-ring (bicyclic) bond motifs is 1. The first-order valence-electron chi connectivity index (χ1n) is 10.1. The first kappa shape index (κ1) is 21.3. The van der Waals surface area contributed by atoms with Gasteiger partial charge in [0.1, 0.15) is 0 Å². The number of anilines is 2. The van der Waals surface area contributed by atoms with Crippen LogP contribution in [-0.4, -0.2) is 33.1 Å². The fourth-order valence-corrected chi connectivity index (χ4v) is 3.22. The Kier molecular flexibility index (Phi) is 7.40. The number of hydrogen-bond donors (Lipinski definition) is 4. The summed E-state index contributed by atoms with van der Waals surface area (Å²) in [6.45, 7) is 0.588. The zero-order chi connectivity index (χ0) is 21.3. The van der Waals surface area contributed by atoms with Crippen LogP contribution in [0.4, 0.5) is 11.6 Å². The number of hydroxylamine groups is 1. The molecule has 0 spiro atoms. The third kappa shape index (κ3) is 5.57. The smallest absolute Gasteiger partial charge is 0.251 e. The third-order valence-corrected chi connectivity index (χ3v) is 4.93. The van der Waals surface area contributed by atoms with E-state index < -0.39 is 0 Å². The number of aryl methyl sites for hydroxylation is 1. The van der Waals surface area contributed by atoms with Gasteiger partial charge in [0, 0.05) is 31.3 Å². The summed E-state index contributed by atoms with van der Waals surface area (Å²) < 4.78 is 1.99. The van der Waals surface area contributed by atoms with Gasteiger partial charge < -0.3 is 15.2 Å².